The SMILES string of the molecule is Clc1cc2c(cn1)cc(Br)c1nccn12. The molecule has 0 aliphatic rings. The van der Waals surface area contributed by atoms with Gasteiger partial charge in [0.15, 0.2) is 5.65 Å². The van der Waals surface area contributed by atoms with Crippen LogP contribution in [0.2, 0.25) is 5.15 Å². The van der Waals surface area contributed by atoms with Crippen LogP contribution in [0.4, 0.5) is 0 Å². The fourth-order valence-electron chi connectivity index (χ4n) is 1.63. The van der Waals surface area contributed by atoms with Crippen molar-refractivity contribution in [2.24, 2.45) is 0 Å². The van der Waals surface area contributed by atoms with Crippen molar-refractivity contribution < 1.29 is 0 Å². The van der Waals surface area contributed by atoms with Crippen molar-refractivity contribution in [2.45, 2.75) is 0 Å². The van der Waals surface area contributed by atoms with Crippen molar-refractivity contribution in [3.05, 3.63) is 40.3 Å². The molecular weight excluding hydrogens is 277 g/mol. The number of rotatable bonds is 0. The Morgan fingerprint density at radius 2 is 2.13 bits per heavy atom. The molecule has 0 N–H and O–H groups in total. The van der Waals surface area contributed by atoms with Crippen LogP contribution in [-0.4, -0.2) is 14.4 Å². The average molecular weight is 283 g/mol. The first-order chi connectivity index (χ1) is 7.25. The molecule has 15 heavy (non-hydrogen) atoms. The number of pyridine rings is 2. The standard InChI is InChI=1S/C10H5BrClN3/c11-7-3-6-5-14-9(12)4-8(6)15-2-1-13-10(7)15/h1-5H. The van der Waals surface area contributed by atoms with Crippen LogP contribution in [-0.2, 0) is 0 Å². The van der Waals surface area contributed by atoms with Gasteiger partial charge >= 0.3 is 0 Å². The summed E-state index contributed by atoms with van der Waals surface area (Å²) in [5.41, 5.74) is 1.88. The highest BCUT2D eigenvalue weighted by atomic mass is 79.9. The molecule has 0 spiro atoms. The van der Waals surface area contributed by atoms with E-state index in [1.165, 1.54) is 0 Å². The van der Waals surface area contributed by atoms with Crippen LogP contribution >= 0.6 is 27.5 Å². The molecule has 0 bridgehead atoms. The van der Waals surface area contributed by atoms with Crippen LogP contribution in [0.25, 0.3) is 16.6 Å². The molecule has 0 saturated carbocycles. The van der Waals surface area contributed by atoms with E-state index in [0.29, 0.717) is 5.15 Å². The highest BCUT2D eigenvalue weighted by Crippen LogP contribution is 2.25. The number of hydrogen-bond acceptors (Lipinski definition) is 2. The van der Waals surface area contributed by atoms with Crippen LogP contribution in [0.15, 0.2) is 35.2 Å². The van der Waals surface area contributed by atoms with E-state index < -0.39 is 0 Å². The first-order valence-electron chi connectivity index (χ1n) is 4.32. The van der Waals surface area contributed by atoms with Gasteiger partial charge in [0.05, 0.1) is 9.99 Å². The summed E-state index contributed by atoms with van der Waals surface area (Å²) in [5, 5.41) is 1.51. The smallest absolute Gasteiger partial charge is 0.151 e. The predicted molar refractivity (Wildman–Crippen MR) is 63.2 cm³/mol. The van der Waals surface area contributed by atoms with Crippen molar-refractivity contribution in [3.8, 4) is 0 Å². The molecule has 3 nitrogen and oxygen atoms in total. The molecule has 3 heterocycles. The van der Waals surface area contributed by atoms with Gasteiger partial charge in [0, 0.05) is 30.0 Å². The Morgan fingerprint density at radius 1 is 1.27 bits per heavy atom. The van der Waals surface area contributed by atoms with Crippen LogP contribution < -0.4 is 0 Å². The van der Waals surface area contributed by atoms with Crippen molar-refractivity contribution >= 4 is 44.1 Å². The molecule has 3 aromatic rings. The minimum absolute atomic E-state index is 0.486. The van der Waals surface area contributed by atoms with Crippen molar-refractivity contribution in [2.75, 3.05) is 0 Å². The normalized spacial score (nSPS) is 11.3. The average Bonchev–Trinajstić information content (AvgIpc) is 2.69. The van der Waals surface area contributed by atoms with Crippen LogP contribution in [0.5, 0.6) is 0 Å². The first-order valence-corrected chi connectivity index (χ1v) is 5.49. The third-order valence-electron chi connectivity index (χ3n) is 2.27. The quantitative estimate of drug-likeness (QED) is 0.592. The van der Waals surface area contributed by atoms with Crippen LogP contribution in [0.3, 0.4) is 0 Å². The molecule has 0 unspecified atom stereocenters. The van der Waals surface area contributed by atoms with Gasteiger partial charge in [0.2, 0.25) is 0 Å². The minimum Gasteiger partial charge on any atom is -0.299 e. The topological polar surface area (TPSA) is 30.2 Å². The van der Waals surface area contributed by atoms with Crippen molar-refractivity contribution in [1.82, 2.24) is 14.4 Å². The summed E-state index contributed by atoms with van der Waals surface area (Å²) in [6.07, 6.45) is 5.41. The van der Waals surface area contributed by atoms with Gasteiger partial charge < -0.3 is 0 Å². The summed E-state index contributed by atoms with van der Waals surface area (Å²) in [6, 6.07) is 3.82. The number of halogens is 2. The second kappa shape index (κ2) is 3.18. The van der Waals surface area contributed by atoms with E-state index in [-0.39, 0.29) is 0 Å². The van der Waals surface area contributed by atoms with Gasteiger partial charge in [-0.05, 0) is 22.0 Å². The first kappa shape index (κ1) is 9.12. The van der Waals surface area contributed by atoms with Gasteiger partial charge in [0.25, 0.3) is 0 Å². The highest BCUT2D eigenvalue weighted by Gasteiger charge is 2.05. The summed E-state index contributed by atoms with van der Waals surface area (Å²) in [4.78, 5) is 8.30. The van der Waals surface area contributed by atoms with Crippen LogP contribution in [0.1, 0.15) is 0 Å². The van der Waals surface area contributed by atoms with E-state index in [1.54, 1.807) is 12.4 Å². The molecule has 74 valence electrons. The zero-order valence-electron chi connectivity index (χ0n) is 7.48. The lowest BCUT2D eigenvalue weighted by Gasteiger charge is -2.03. The van der Waals surface area contributed by atoms with Gasteiger partial charge in [0.1, 0.15) is 5.15 Å². The summed E-state index contributed by atoms with van der Waals surface area (Å²) >= 11 is 9.34. The molecular formula is C10H5BrClN3. The van der Waals surface area contributed by atoms with E-state index in [0.717, 1.165) is 21.0 Å². The lowest BCUT2D eigenvalue weighted by molar-refractivity contribution is 1.23. The molecule has 3 aromatic heterocycles. The Labute approximate surface area is 98.8 Å². The third-order valence-corrected chi connectivity index (χ3v) is 3.06. The summed E-state index contributed by atoms with van der Waals surface area (Å²) in [5.74, 6) is 0. The fourth-order valence-corrected chi connectivity index (χ4v) is 2.32. The van der Waals surface area contributed by atoms with Gasteiger partial charge in [-0.2, -0.15) is 0 Å². The summed E-state index contributed by atoms with van der Waals surface area (Å²) in [6.45, 7) is 0. The Bertz CT molecular complexity index is 662. The largest absolute Gasteiger partial charge is 0.299 e. The maximum atomic E-state index is 5.87. The Kier molecular flexibility index (Phi) is 1.94. The molecule has 0 amide bonds. The zero-order chi connectivity index (χ0) is 10.4. The monoisotopic (exact) mass is 281 g/mol. The highest BCUT2D eigenvalue weighted by molar-refractivity contribution is 9.10. The van der Waals surface area contributed by atoms with E-state index in [2.05, 4.69) is 25.9 Å². The lowest BCUT2D eigenvalue weighted by Crippen LogP contribution is -1.89. The maximum absolute atomic E-state index is 5.87. The number of imidazole rings is 1. The van der Waals surface area contributed by atoms with Gasteiger partial charge in [-0.3, -0.25) is 4.40 Å². The molecule has 0 aliphatic carbocycles. The summed E-state index contributed by atoms with van der Waals surface area (Å²) < 4.78 is 2.93. The van der Waals surface area contributed by atoms with Crippen LogP contribution in [0, 0.1) is 0 Å². The molecule has 0 aliphatic heterocycles. The second-order valence-electron chi connectivity index (χ2n) is 3.18. The number of hydrogen-bond donors (Lipinski definition) is 0. The molecule has 0 saturated heterocycles. The molecule has 3 rings (SSSR count). The van der Waals surface area contributed by atoms with Gasteiger partial charge in [-0.25, -0.2) is 9.97 Å². The van der Waals surface area contributed by atoms with E-state index in [4.69, 9.17) is 11.6 Å². The van der Waals surface area contributed by atoms with E-state index in [9.17, 15) is 0 Å². The van der Waals surface area contributed by atoms with Gasteiger partial charge in [-0.1, -0.05) is 11.6 Å². The molecule has 0 aromatic carbocycles. The fraction of sp³-hybridized carbons (Fsp3) is 0. The molecule has 5 heteroatoms. The Morgan fingerprint density at radius 3 is 3.00 bits per heavy atom. The number of fused-ring (bicyclic) bond motifs is 3. The van der Waals surface area contributed by atoms with E-state index in [1.807, 2.05) is 22.7 Å². The third kappa shape index (κ3) is 1.33. The number of aromatic nitrogens is 3. The second-order valence-corrected chi connectivity index (χ2v) is 4.42. The zero-order valence-corrected chi connectivity index (χ0v) is 9.83. The molecule has 0 fully saturated rings. The summed E-state index contributed by atoms with van der Waals surface area (Å²) in [7, 11) is 0. The maximum Gasteiger partial charge on any atom is 0.151 e. The Balaban J connectivity index is 2.61. The molecule has 0 atom stereocenters. The molecule has 0 radical (unpaired) electrons. The Hall–Kier alpha value is -1.13. The predicted octanol–water partition coefficient (Wildman–Crippen LogP) is 3.30. The minimum atomic E-state index is 0.486. The lowest BCUT2D eigenvalue weighted by atomic mass is 10.3. The van der Waals surface area contributed by atoms with Crippen molar-refractivity contribution in [1.29, 1.82) is 0 Å². The van der Waals surface area contributed by atoms with E-state index >= 15 is 0 Å². The van der Waals surface area contributed by atoms with Gasteiger partial charge in [-0.15, -0.1) is 0 Å². The van der Waals surface area contributed by atoms with Crippen molar-refractivity contribution in [3.63, 3.8) is 0 Å². The number of nitrogens with zero attached hydrogens (tertiary/aromatic N) is 3.